The van der Waals surface area contributed by atoms with Gasteiger partial charge in [0.1, 0.15) is 0 Å². The molecular formula is C10H13BrClNO. The van der Waals surface area contributed by atoms with Crippen molar-refractivity contribution < 1.29 is 5.11 Å². The van der Waals surface area contributed by atoms with E-state index in [1.807, 2.05) is 19.1 Å². The molecule has 1 rings (SSSR count). The number of aliphatic hydroxyl groups excluding tert-OH is 1. The standard InChI is InChI=1S/C10H13BrClNO/c1-5-3-7(10(14)6(2)13)9(12)8(11)4-5/h3-4,6,10,14H,13H2,1-2H3/t6-,10-/m0/s1. The van der Waals surface area contributed by atoms with Crippen molar-refractivity contribution in [2.24, 2.45) is 5.73 Å². The van der Waals surface area contributed by atoms with Crippen LogP contribution in [0.2, 0.25) is 5.02 Å². The third-order valence-corrected chi connectivity index (χ3v) is 3.29. The van der Waals surface area contributed by atoms with E-state index in [4.69, 9.17) is 17.3 Å². The maximum Gasteiger partial charge on any atom is 0.0953 e. The van der Waals surface area contributed by atoms with Crippen molar-refractivity contribution in [2.75, 3.05) is 0 Å². The summed E-state index contributed by atoms with van der Waals surface area (Å²) in [5.74, 6) is 0. The Kier molecular flexibility index (Phi) is 3.95. The zero-order valence-corrected chi connectivity index (χ0v) is 10.4. The highest BCUT2D eigenvalue weighted by molar-refractivity contribution is 9.10. The topological polar surface area (TPSA) is 46.2 Å². The minimum Gasteiger partial charge on any atom is -0.387 e. The lowest BCUT2D eigenvalue weighted by atomic mass is 10.0. The number of aryl methyl sites for hydroxylation is 1. The first-order chi connectivity index (χ1) is 6.43. The molecule has 0 spiro atoms. The van der Waals surface area contributed by atoms with Gasteiger partial charge in [0.05, 0.1) is 11.1 Å². The molecule has 0 heterocycles. The molecule has 1 aromatic carbocycles. The molecule has 3 N–H and O–H groups in total. The summed E-state index contributed by atoms with van der Waals surface area (Å²) in [4.78, 5) is 0. The lowest BCUT2D eigenvalue weighted by molar-refractivity contribution is 0.153. The predicted molar refractivity (Wildman–Crippen MR) is 62.5 cm³/mol. The van der Waals surface area contributed by atoms with E-state index in [0.29, 0.717) is 10.6 Å². The minimum absolute atomic E-state index is 0.332. The first-order valence-electron chi connectivity index (χ1n) is 4.32. The van der Waals surface area contributed by atoms with Crippen molar-refractivity contribution in [3.8, 4) is 0 Å². The van der Waals surface area contributed by atoms with Crippen molar-refractivity contribution >= 4 is 27.5 Å². The van der Waals surface area contributed by atoms with E-state index in [-0.39, 0.29) is 6.04 Å². The molecule has 0 aromatic heterocycles. The van der Waals surface area contributed by atoms with Gasteiger partial charge in [0.2, 0.25) is 0 Å². The molecule has 0 amide bonds. The van der Waals surface area contributed by atoms with Crippen LogP contribution in [-0.4, -0.2) is 11.1 Å². The van der Waals surface area contributed by atoms with Gasteiger partial charge >= 0.3 is 0 Å². The summed E-state index contributed by atoms with van der Waals surface area (Å²) in [5, 5.41) is 10.3. The number of hydrogen-bond acceptors (Lipinski definition) is 2. The van der Waals surface area contributed by atoms with Crippen LogP contribution in [0.15, 0.2) is 16.6 Å². The minimum atomic E-state index is -0.723. The molecule has 0 unspecified atom stereocenters. The summed E-state index contributed by atoms with van der Waals surface area (Å²) in [6.07, 6.45) is -0.723. The van der Waals surface area contributed by atoms with Gasteiger partial charge in [0.25, 0.3) is 0 Å². The molecule has 0 aliphatic heterocycles. The molecule has 1 aromatic rings. The van der Waals surface area contributed by atoms with Gasteiger partial charge in [-0.05, 0) is 41.4 Å². The van der Waals surface area contributed by atoms with Crippen LogP contribution in [0.25, 0.3) is 0 Å². The van der Waals surface area contributed by atoms with E-state index >= 15 is 0 Å². The number of benzene rings is 1. The molecule has 78 valence electrons. The molecule has 0 aliphatic carbocycles. The first kappa shape index (κ1) is 12.0. The SMILES string of the molecule is Cc1cc(Br)c(Cl)c([C@@H](O)[C@H](C)N)c1. The highest BCUT2D eigenvalue weighted by Gasteiger charge is 2.17. The maximum absolute atomic E-state index is 9.80. The molecule has 0 aliphatic rings. The Morgan fingerprint density at radius 2 is 2.07 bits per heavy atom. The Labute approximate surface area is 97.2 Å². The number of halogens is 2. The van der Waals surface area contributed by atoms with Crippen molar-refractivity contribution in [2.45, 2.75) is 26.0 Å². The Bertz CT molecular complexity index is 341. The number of rotatable bonds is 2. The molecule has 2 nitrogen and oxygen atoms in total. The molecule has 14 heavy (non-hydrogen) atoms. The van der Waals surface area contributed by atoms with Gasteiger partial charge in [-0.2, -0.15) is 0 Å². The average molecular weight is 279 g/mol. The van der Waals surface area contributed by atoms with Gasteiger partial charge in [-0.1, -0.05) is 17.7 Å². The molecule has 0 fully saturated rings. The largest absolute Gasteiger partial charge is 0.387 e. The highest BCUT2D eigenvalue weighted by Crippen LogP contribution is 2.32. The fourth-order valence-corrected chi connectivity index (χ4v) is 2.06. The summed E-state index contributed by atoms with van der Waals surface area (Å²) in [7, 11) is 0. The van der Waals surface area contributed by atoms with Crippen LogP contribution >= 0.6 is 27.5 Å². The van der Waals surface area contributed by atoms with Gasteiger partial charge in [0, 0.05) is 16.1 Å². The zero-order valence-electron chi connectivity index (χ0n) is 8.09. The second-order valence-corrected chi connectivity index (χ2v) is 4.69. The molecule has 2 atom stereocenters. The van der Waals surface area contributed by atoms with Crippen LogP contribution in [0.4, 0.5) is 0 Å². The zero-order chi connectivity index (χ0) is 10.9. The number of nitrogens with two attached hydrogens (primary N) is 1. The smallest absolute Gasteiger partial charge is 0.0953 e. The first-order valence-corrected chi connectivity index (χ1v) is 5.49. The van der Waals surface area contributed by atoms with Crippen LogP contribution in [-0.2, 0) is 0 Å². The normalized spacial score (nSPS) is 15.3. The summed E-state index contributed by atoms with van der Waals surface area (Å²) >= 11 is 9.37. The number of hydrogen-bond donors (Lipinski definition) is 2. The highest BCUT2D eigenvalue weighted by atomic mass is 79.9. The monoisotopic (exact) mass is 277 g/mol. The summed E-state index contributed by atoms with van der Waals surface area (Å²) in [5.41, 5.74) is 7.33. The molecule has 0 saturated heterocycles. The Morgan fingerprint density at radius 1 is 1.50 bits per heavy atom. The van der Waals surface area contributed by atoms with Gasteiger partial charge in [0.15, 0.2) is 0 Å². The third kappa shape index (κ3) is 2.48. The molecule has 0 radical (unpaired) electrons. The summed E-state index contributed by atoms with van der Waals surface area (Å²) < 4.78 is 0.786. The Morgan fingerprint density at radius 3 is 2.57 bits per heavy atom. The van der Waals surface area contributed by atoms with Crippen molar-refractivity contribution in [3.63, 3.8) is 0 Å². The predicted octanol–water partition coefficient (Wildman–Crippen LogP) is 2.79. The molecule has 0 bridgehead atoms. The molecule has 4 heteroatoms. The molecule has 0 saturated carbocycles. The lowest BCUT2D eigenvalue weighted by Gasteiger charge is -2.17. The lowest BCUT2D eigenvalue weighted by Crippen LogP contribution is -2.24. The summed E-state index contributed by atoms with van der Waals surface area (Å²) in [6.45, 7) is 3.69. The van der Waals surface area contributed by atoms with Gasteiger partial charge in [-0.3, -0.25) is 0 Å². The van der Waals surface area contributed by atoms with Crippen LogP contribution in [0.5, 0.6) is 0 Å². The van der Waals surface area contributed by atoms with Crippen LogP contribution in [0.3, 0.4) is 0 Å². The van der Waals surface area contributed by atoms with E-state index in [2.05, 4.69) is 15.9 Å². The van der Waals surface area contributed by atoms with Crippen LogP contribution < -0.4 is 5.73 Å². The fourth-order valence-electron chi connectivity index (χ4n) is 1.25. The summed E-state index contributed by atoms with van der Waals surface area (Å²) in [6, 6.07) is 3.42. The van der Waals surface area contributed by atoms with Gasteiger partial charge in [-0.25, -0.2) is 0 Å². The van der Waals surface area contributed by atoms with Gasteiger partial charge < -0.3 is 10.8 Å². The third-order valence-electron chi connectivity index (χ3n) is 2.02. The second-order valence-electron chi connectivity index (χ2n) is 3.45. The average Bonchev–Trinajstić information content (AvgIpc) is 2.09. The molecular weight excluding hydrogens is 265 g/mol. The van der Waals surface area contributed by atoms with Crippen LogP contribution in [0, 0.1) is 6.92 Å². The maximum atomic E-state index is 9.80. The van der Waals surface area contributed by atoms with E-state index in [0.717, 1.165) is 10.0 Å². The Hall–Kier alpha value is -0.0900. The van der Waals surface area contributed by atoms with E-state index in [1.165, 1.54) is 0 Å². The van der Waals surface area contributed by atoms with E-state index in [1.54, 1.807) is 6.92 Å². The van der Waals surface area contributed by atoms with Crippen molar-refractivity contribution in [1.29, 1.82) is 0 Å². The van der Waals surface area contributed by atoms with E-state index in [9.17, 15) is 5.11 Å². The van der Waals surface area contributed by atoms with Crippen molar-refractivity contribution in [1.82, 2.24) is 0 Å². The van der Waals surface area contributed by atoms with Gasteiger partial charge in [-0.15, -0.1) is 0 Å². The second kappa shape index (κ2) is 4.62. The van der Waals surface area contributed by atoms with Crippen LogP contribution in [0.1, 0.15) is 24.2 Å². The fraction of sp³-hybridized carbons (Fsp3) is 0.400. The van der Waals surface area contributed by atoms with Crippen molar-refractivity contribution in [3.05, 3.63) is 32.8 Å². The number of aliphatic hydroxyl groups is 1. The van der Waals surface area contributed by atoms with E-state index < -0.39 is 6.10 Å². The quantitative estimate of drug-likeness (QED) is 0.874. The Balaban J connectivity index is 3.20.